The van der Waals surface area contributed by atoms with E-state index in [1.807, 2.05) is 42.5 Å². The molecule has 156 valence electrons. The maximum atomic E-state index is 12.6. The van der Waals surface area contributed by atoms with E-state index in [4.69, 9.17) is 4.74 Å². The number of rotatable bonds is 8. The van der Waals surface area contributed by atoms with Crippen LogP contribution in [0, 0.1) is 0 Å². The molecule has 0 saturated carbocycles. The highest BCUT2D eigenvalue weighted by Crippen LogP contribution is 2.29. The smallest absolute Gasteiger partial charge is 0.271 e. The Bertz CT molecular complexity index is 1050. The van der Waals surface area contributed by atoms with Crippen molar-refractivity contribution in [2.24, 2.45) is 5.10 Å². The number of carbonyl (C=O) groups excluding carboxylic acids is 1. The Labute approximate surface area is 177 Å². The number of carbonyl (C=O) groups is 1. The first-order valence-electron chi connectivity index (χ1n) is 10.9. The molecule has 5 heteroatoms. The summed E-state index contributed by atoms with van der Waals surface area (Å²) in [5, 5.41) is 5.30. The van der Waals surface area contributed by atoms with Crippen LogP contribution in [0.4, 0.5) is 0 Å². The standard InChI is InChI=1S/C25H29N3O2/c1-2-3-6-14-30-20-9-7-8-18(15-20)17-26-28-25(29)19-12-13-24-22(16-19)21-10-4-5-11-23(21)27-24/h7-9,12-13,15-17,27H,2-6,10-11,14H2,1H3,(H,28,29)/b26-17+. The summed E-state index contributed by atoms with van der Waals surface area (Å²) in [5.41, 5.74) is 7.95. The fourth-order valence-corrected chi connectivity index (χ4v) is 4.00. The topological polar surface area (TPSA) is 66.5 Å². The molecule has 0 aliphatic heterocycles. The Balaban J connectivity index is 1.39. The average Bonchev–Trinajstić information content (AvgIpc) is 3.15. The van der Waals surface area contributed by atoms with Crippen molar-refractivity contribution in [3.8, 4) is 5.75 Å². The number of hydrogen-bond donors (Lipinski definition) is 2. The molecule has 1 aliphatic rings. The lowest BCUT2D eigenvalue weighted by Crippen LogP contribution is -2.17. The molecule has 1 aliphatic carbocycles. The van der Waals surface area contributed by atoms with Crippen LogP contribution in [-0.2, 0) is 12.8 Å². The highest BCUT2D eigenvalue weighted by atomic mass is 16.5. The van der Waals surface area contributed by atoms with Crippen LogP contribution in [0.3, 0.4) is 0 Å². The monoisotopic (exact) mass is 403 g/mol. The quantitative estimate of drug-likeness (QED) is 0.301. The molecule has 0 bridgehead atoms. The maximum Gasteiger partial charge on any atom is 0.271 e. The Morgan fingerprint density at radius 3 is 2.97 bits per heavy atom. The van der Waals surface area contributed by atoms with Crippen molar-refractivity contribution in [1.29, 1.82) is 0 Å². The largest absolute Gasteiger partial charge is 0.494 e. The van der Waals surface area contributed by atoms with Crippen molar-refractivity contribution in [2.45, 2.75) is 51.9 Å². The lowest BCUT2D eigenvalue weighted by Gasteiger charge is -2.10. The summed E-state index contributed by atoms with van der Waals surface area (Å²) in [7, 11) is 0. The fourth-order valence-electron chi connectivity index (χ4n) is 4.00. The van der Waals surface area contributed by atoms with Gasteiger partial charge in [-0.05, 0) is 73.6 Å². The van der Waals surface area contributed by atoms with Crippen LogP contribution in [0.15, 0.2) is 47.6 Å². The molecule has 5 nitrogen and oxygen atoms in total. The van der Waals surface area contributed by atoms with Gasteiger partial charge in [-0.15, -0.1) is 0 Å². The highest BCUT2D eigenvalue weighted by Gasteiger charge is 2.16. The first-order chi connectivity index (χ1) is 14.7. The number of ether oxygens (including phenoxy) is 1. The van der Waals surface area contributed by atoms with Crippen molar-refractivity contribution < 1.29 is 9.53 Å². The predicted molar refractivity (Wildman–Crippen MR) is 121 cm³/mol. The molecule has 3 aromatic rings. The highest BCUT2D eigenvalue weighted by molar-refractivity contribution is 5.99. The van der Waals surface area contributed by atoms with Crippen LogP contribution in [0.5, 0.6) is 5.75 Å². The second-order valence-corrected chi connectivity index (χ2v) is 7.88. The predicted octanol–water partition coefficient (Wildman–Crippen LogP) is 5.38. The molecule has 4 rings (SSSR count). The summed E-state index contributed by atoms with van der Waals surface area (Å²) < 4.78 is 5.77. The van der Waals surface area contributed by atoms with Crippen LogP contribution in [0.1, 0.15) is 66.2 Å². The van der Waals surface area contributed by atoms with Crippen molar-refractivity contribution in [2.75, 3.05) is 6.61 Å². The van der Waals surface area contributed by atoms with E-state index in [0.29, 0.717) is 5.56 Å². The SMILES string of the molecule is CCCCCOc1cccc(/C=N/NC(=O)c2ccc3[nH]c4c(c3c2)CCCC4)c1. The molecule has 0 atom stereocenters. The van der Waals surface area contributed by atoms with E-state index < -0.39 is 0 Å². The summed E-state index contributed by atoms with van der Waals surface area (Å²) in [5.74, 6) is 0.620. The number of nitrogens with zero attached hydrogens (tertiary/aromatic N) is 1. The van der Waals surface area contributed by atoms with Gasteiger partial charge in [-0.3, -0.25) is 4.79 Å². The number of hydrogen-bond acceptors (Lipinski definition) is 3. The van der Waals surface area contributed by atoms with Gasteiger partial charge < -0.3 is 9.72 Å². The molecule has 2 aromatic carbocycles. The molecule has 0 saturated heterocycles. The number of benzene rings is 2. The number of unbranched alkanes of at least 4 members (excludes halogenated alkanes) is 2. The lowest BCUT2D eigenvalue weighted by molar-refractivity contribution is 0.0955. The van der Waals surface area contributed by atoms with E-state index >= 15 is 0 Å². The molecule has 0 spiro atoms. The van der Waals surface area contributed by atoms with Crippen LogP contribution in [0.2, 0.25) is 0 Å². The summed E-state index contributed by atoms with van der Waals surface area (Å²) >= 11 is 0. The Morgan fingerprint density at radius 2 is 2.07 bits per heavy atom. The number of hydrazone groups is 1. The third kappa shape index (κ3) is 4.73. The third-order valence-electron chi connectivity index (χ3n) is 5.61. The van der Waals surface area contributed by atoms with E-state index in [1.165, 1.54) is 36.9 Å². The third-order valence-corrected chi connectivity index (χ3v) is 5.61. The number of aromatic amines is 1. The van der Waals surface area contributed by atoms with E-state index in [-0.39, 0.29) is 5.91 Å². The second-order valence-electron chi connectivity index (χ2n) is 7.88. The number of aryl methyl sites for hydroxylation is 2. The van der Waals surface area contributed by atoms with Gasteiger partial charge in [0, 0.05) is 22.2 Å². The maximum absolute atomic E-state index is 12.6. The molecule has 0 fully saturated rings. The molecular formula is C25H29N3O2. The number of H-pyrrole nitrogens is 1. The summed E-state index contributed by atoms with van der Waals surface area (Å²) in [6.07, 6.45) is 9.66. The minimum absolute atomic E-state index is 0.203. The zero-order chi connectivity index (χ0) is 20.8. The average molecular weight is 404 g/mol. The molecule has 1 aromatic heterocycles. The summed E-state index contributed by atoms with van der Waals surface area (Å²) in [4.78, 5) is 16.1. The second kappa shape index (κ2) is 9.61. The lowest BCUT2D eigenvalue weighted by atomic mass is 9.95. The molecule has 1 amide bonds. The van der Waals surface area contributed by atoms with Gasteiger partial charge in [0.05, 0.1) is 12.8 Å². The molecule has 0 unspecified atom stereocenters. The van der Waals surface area contributed by atoms with Gasteiger partial charge in [-0.2, -0.15) is 5.10 Å². The normalized spacial score (nSPS) is 13.5. The van der Waals surface area contributed by atoms with Gasteiger partial charge >= 0.3 is 0 Å². The molecule has 1 heterocycles. The first kappa shape index (κ1) is 20.2. The zero-order valence-electron chi connectivity index (χ0n) is 17.5. The Kier molecular flexibility index (Phi) is 6.47. The van der Waals surface area contributed by atoms with E-state index in [9.17, 15) is 4.79 Å². The molecule has 30 heavy (non-hydrogen) atoms. The Hall–Kier alpha value is -3.08. The number of nitrogens with one attached hydrogen (secondary N) is 2. The zero-order valence-corrected chi connectivity index (χ0v) is 17.5. The van der Waals surface area contributed by atoms with Crippen molar-refractivity contribution in [1.82, 2.24) is 10.4 Å². The van der Waals surface area contributed by atoms with Gasteiger partial charge in [0.15, 0.2) is 0 Å². The van der Waals surface area contributed by atoms with Crippen molar-refractivity contribution in [3.05, 3.63) is 64.8 Å². The van der Waals surface area contributed by atoms with Gasteiger partial charge in [0.1, 0.15) is 5.75 Å². The number of aromatic nitrogens is 1. The van der Waals surface area contributed by atoms with Gasteiger partial charge in [0.2, 0.25) is 0 Å². The van der Waals surface area contributed by atoms with E-state index in [2.05, 4.69) is 22.4 Å². The van der Waals surface area contributed by atoms with Crippen LogP contribution >= 0.6 is 0 Å². The summed E-state index contributed by atoms with van der Waals surface area (Å²) in [6.45, 7) is 2.89. The van der Waals surface area contributed by atoms with Gasteiger partial charge in [-0.25, -0.2) is 5.43 Å². The minimum Gasteiger partial charge on any atom is -0.494 e. The summed E-state index contributed by atoms with van der Waals surface area (Å²) in [6, 6.07) is 13.6. The fraction of sp³-hybridized carbons (Fsp3) is 0.360. The van der Waals surface area contributed by atoms with Crippen molar-refractivity contribution >= 4 is 23.0 Å². The van der Waals surface area contributed by atoms with Crippen molar-refractivity contribution in [3.63, 3.8) is 0 Å². The van der Waals surface area contributed by atoms with Gasteiger partial charge in [0.25, 0.3) is 5.91 Å². The van der Waals surface area contributed by atoms with E-state index in [1.54, 1.807) is 6.21 Å². The van der Waals surface area contributed by atoms with Crippen LogP contribution < -0.4 is 10.2 Å². The first-order valence-corrected chi connectivity index (χ1v) is 10.9. The van der Waals surface area contributed by atoms with Gasteiger partial charge in [-0.1, -0.05) is 31.9 Å². The minimum atomic E-state index is -0.203. The van der Waals surface area contributed by atoms with Crippen LogP contribution in [0.25, 0.3) is 10.9 Å². The molecule has 2 N–H and O–H groups in total. The Morgan fingerprint density at radius 1 is 1.17 bits per heavy atom. The number of fused-ring (bicyclic) bond motifs is 3. The van der Waals surface area contributed by atoms with Crippen LogP contribution in [-0.4, -0.2) is 23.7 Å². The van der Waals surface area contributed by atoms with E-state index in [0.717, 1.165) is 48.1 Å². The molecular weight excluding hydrogens is 374 g/mol. The number of amides is 1. The molecule has 0 radical (unpaired) electrons.